The molecule has 0 fully saturated rings. The van der Waals surface area contributed by atoms with Crippen molar-refractivity contribution in [3.8, 4) is 0 Å². The number of carboxylic acid groups (broad SMARTS) is 2. The lowest BCUT2D eigenvalue weighted by Gasteiger charge is -2.03. The fourth-order valence-electron chi connectivity index (χ4n) is 1.60. The molecule has 110 valence electrons. The first kappa shape index (κ1) is 15.5. The van der Waals surface area contributed by atoms with Crippen molar-refractivity contribution in [2.24, 2.45) is 0 Å². The summed E-state index contributed by atoms with van der Waals surface area (Å²) in [6.45, 7) is 3.51. The second-order valence-electron chi connectivity index (χ2n) is 4.27. The molecule has 0 aromatic carbocycles. The van der Waals surface area contributed by atoms with Crippen LogP contribution in [-0.2, 0) is 11.2 Å². The number of aryl methyl sites for hydroxylation is 2. The standard InChI is InChI=1S/C13H12N2O4S2/c1-6-3-4-8(12(18)19)11(14-6)21-13-15-7(2)9(20-13)5-10(16)17/h3-4H,5H2,1-2H3,(H,16,17)(H,18,19). The molecule has 0 amide bonds. The zero-order valence-electron chi connectivity index (χ0n) is 11.3. The summed E-state index contributed by atoms with van der Waals surface area (Å²) < 4.78 is 0.587. The Morgan fingerprint density at radius 2 is 1.95 bits per heavy atom. The van der Waals surface area contributed by atoms with Crippen LogP contribution in [0.1, 0.15) is 26.6 Å². The Bertz CT molecular complexity index is 712. The molecular formula is C13H12N2O4S2. The lowest BCUT2D eigenvalue weighted by molar-refractivity contribution is -0.136. The molecule has 2 aromatic rings. The number of rotatable bonds is 5. The second kappa shape index (κ2) is 6.23. The van der Waals surface area contributed by atoms with Gasteiger partial charge in [0.2, 0.25) is 0 Å². The number of hydrogen-bond donors (Lipinski definition) is 2. The predicted octanol–water partition coefficient (Wildman–Crippen LogP) is 2.63. The van der Waals surface area contributed by atoms with Gasteiger partial charge in [0.25, 0.3) is 0 Å². The molecule has 0 spiro atoms. The first-order chi connectivity index (χ1) is 9.86. The normalized spacial score (nSPS) is 10.6. The van der Waals surface area contributed by atoms with Gasteiger partial charge in [-0.15, -0.1) is 11.3 Å². The summed E-state index contributed by atoms with van der Waals surface area (Å²) in [5.74, 6) is -1.97. The molecule has 2 aromatic heterocycles. The van der Waals surface area contributed by atoms with E-state index in [1.807, 2.05) is 0 Å². The second-order valence-corrected chi connectivity index (χ2v) is 6.59. The van der Waals surface area contributed by atoms with E-state index >= 15 is 0 Å². The van der Waals surface area contributed by atoms with E-state index in [9.17, 15) is 9.59 Å². The van der Waals surface area contributed by atoms with Crippen LogP contribution in [0.5, 0.6) is 0 Å². The summed E-state index contributed by atoms with van der Waals surface area (Å²) in [6, 6.07) is 3.14. The highest BCUT2D eigenvalue weighted by molar-refractivity contribution is 8.01. The summed E-state index contributed by atoms with van der Waals surface area (Å²) in [6.07, 6.45) is -0.0862. The molecule has 0 aliphatic carbocycles. The number of hydrogen-bond acceptors (Lipinski definition) is 6. The number of aliphatic carboxylic acids is 1. The smallest absolute Gasteiger partial charge is 0.338 e. The SMILES string of the molecule is Cc1ccc(C(=O)O)c(Sc2nc(C)c(CC(=O)O)s2)n1. The van der Waals surface area contributed by atoms with E-state index < -0.39 is 11.9 Å². The molecule has 0 aliphatic rings. The van der Waals surface area contributed by atoms with E-state index in [2.05, 4.69) is 9.97 Å². The number of pyridine rings is 1. The van der Waals surface area contributed by atoms with Gasteiger partial charge in [-0.2, -0.15) is 0 Å². The minimum Gasteiger partial charge on any atom is -0.481 e. The summed E-state index contributed by atoms with van der Waals surface area (Å²) in [5.41, 5.74) is 1.47. The van der Waals surface area contributed by atoms with Crippen LogP contribution < -0.4 is 0 Å². The number of aromatic carboxylic acids is 1. The lowest BCUT2D eigenvalue weighted by atomic mass is 10.2. The molecule has 0 saturated heterocycles. The Hall–Kier alpha value is -1.93. The third-order valence-corrected chi connectivity index (χ3v) is 4.82. The van der Waals surface area contributed by atoms with Crippen molar-refractivity contribution in [2.45, 2.75) is 29.6 Å². The topological polar surface area (TPSA) is 100 Å². The Morgan fingerprint density at radius 3 is 2.57 bits per heavy atom. The maximum atomic E-state index is 11.2. The molecular weight excluding hydrogens is 312 g/mol. The average molecular weight is 324 g/mol. The third-order valence-electron chi connectivity index (χ3n) is 2.60. The highest BCUT2D eigenvalue weighted by atomic mass is 32.2. The first-order valence-corrected chi connectivity index (χ1v) is 7.57. The van der Waals surface area contributed by atoms with Gasteiger partial charge < -0.3 is 10.2 Å². The van der Waals surface area contributed by atoms with Gasteiger partial charge in [-0.1, -0.05) is 0 Å². The van der Waals surface area contributed by atoms with Crippen molar-refractivity contribution in [3.63, 3.8) is 0 Å². The van der Waals surface area contributed by atoms with E-state index in [1.54, 1.807) is 19.9 Å². The zero-order chi connectivity index (χ0) is 15.6. The van der Waals surface area contributed by atoms with Gasteiger partial charge in [-0.25, -0.2) is 14.8 Å². The Kier molecular flexibility index (Phi) is 4.59. The van der Waals surface area contributed by atoms with Crippen LogP contribution in [0.2, 0.25) is 0 Å². The molecule has 6 nitrogen and oxygen atoms in total. The fourth-order valence-corrected chi connectivity index (χ4v) is 3.89. The van der Waals surface area contributed by atoms with E-state index in [0.29, 0.717) is 25.6 Å². The van der Waals surface area contributed by atoms with E-state index in [4.69, 9.17) is 10.2 Å². The minimum atomic E-state index is -1.05. The van der Waals surface area contributed by atoms with Gasteiger partial charge in [0.1, 0.15) is 5.03 Å². The van der Waals surface area contributed by atoms with Crippen molar-refractivity contribution < 1.29 is 19.8 Å². The summed E-state index contributed by atoms with van der Waals surface area (Å²) in [4.78, 5) is 31.1. The third kappa shape index (κ3) is 3.79. The number of carboxylic acids is 2. The quantitative estimate of drug-likeness (QED) is 0.872. The van der Waals surface area contributed by atoms with Crippen molar-refractivity contribution >= 4 is 35.0 Å². The Balaban J connectivity index is 2.32. The van der Waals surface area contributed by atoms with E-state index in [-0.39, 0.29) is 12.0 Å². The number of thiazole rings is 1. The number of carbonyl (C=O) groups is 2. The van der Waals surface area contributed by atoms with Gasteiger partial charge in [0, 0.05) is 10.6 Å². The van der Waals surface area contributed by atoms with Crippen LogP contribution in [0.25, 0.3) is 0 Å². The summed E-state index contributed by atoms with van der Waals surface area (Å²) >= 11 is 2.39. The largest absolute Gasteiger partial charge is 0.481 e. The van der Waals surface area contributed by atoms with Crippen LogP contribution in [0, 0.1) is 13.8 Å². The molecule has 0 aliphatic heterocycles. The summed E-state index contributed by atoms with van der Waals surface area (Å²) in [7, 11) is 0. The molecule has 21 heavy (non-hydrogen) atoms. The van der Waals surface area contributed by atoms with E-state index in [1.165, 1.54) is 17.4 Å². The molecule has 8 heteroatoms. The first-order valence-electron chi connectivity index (χ1n) is 5.93. The maximum Gasteiger partial charge on any atom is 0.338 e. The molecule has 2 rings (SSSR count). The van der Waals surface area contributed by atoms with Gasteiger partial charge in [0.15, 0.2) is 4.34 Å². The Labute approximate surface area is 128 Å². The molecule has 0 saturated carbocycles. The number of aromatic nitrogens is 2. The maximum absolute atomic E-state index is 11.2. The van der Waals surface area contributed by atoms with Crippen LogP contribution in [0.15, 0.2) is 21.5 Å². The van der Waals surface area contributed by atoms with Gasteiger partial charge >= 0.3 is 11.9 Å². The minimum absolute atomic E-state index is 0.0862. The van der Waals surface area contributed by atoms with Crippen molar-refractivity contribution in [1.29, 1.82) is 0 Å². The highest BCUT2D eigenvalue weighted by Crippen LogP contribution is 2.34. The molecule has 2 N–H and O–H groups in total. The average Bonchev–Trinajstić information content (AvgIpc) is 2.68. The van der Waals surface area contributed by atoms with Crippen LogP contribution >= 0.6 is 23.1 Å². The zero-order valence-corrected chi connectivity index (χ0v) is 12.9. The molecule has 2 heterocycles. The Morgan fingerprint density at radius 1 is 1.24 bits per heavy atom. The van der Waals surface area contributed by atoms with Crippen molar-refractivity contribution in [1.82, 2.24) is 9.97 Å². The molecule has 0 bridgehead atoms. The number of nitrogens with zero attached hydrogens (tertiary/aromatic N) is 2. The lowest BCUT2D eigenvalue weighted by Crippen LogP contribution is -2.01. The van der Waals surface area contributed by atoms with Crippen molar-refractivity contribution in [3.05, 3.63) is 34.0 Å². The van der Waals surface area contributed by atoms with Gasteiger partial charge in [0.05, 0.1) is 17.7 Å². The van der Waals surface area contributed by atoms with Crippen molar-refractivity contribution in [2.75, 3.05) is 0 Å². The predicted molar refractivity (Wildman–Crippen MR) is 78.2 cm³/mol. The van der Waals surface area contributed by atoms with Crippen LogP contribution in [-0.4, -0.2) is 32.1 Å². The fraction of sp³-hybridized carbons (Fsp3) is 0.231. The van der Waals surface area contributed by atoms with E-state index in [0.717, 1.165) is 11.8 Å². The van der Waals surface area contributed by atoms with Gasteiger partial charge in [-0.3, -0.25) is 4.79 Å². The van der Waals surface area contributed by atoms with Crippen LogP contribution in [0.4, 0.5) is 0 Å². The van der Waals surface area contributed by atoms with Crippen LogP contribution in [0.3, 0.4) is 0 Å². The summed E-state index contributed by atoms with van der Waals surface area (Å²) in [5, 5.41) is 18.4. The molecule has 0 atom stereocenters. The van der Waals surface area contributed by atoms with Gasteiger partial charge in [-0.05, 0) is 37.7 Å². The highest BCUT2D eigenvalue weighted by Gasteiger charge is 2.17. The molecule has 0 radical (unpaired) electrons. The molecule has 0 unspecified atom stereocenters. The monoisotopic (exact) mass is 324 g/mol.